The van der Waals surface area contributed by atoms with Gasteiger partial charge >= 0.3 is 0 Å². The van der Waals surface area contributed by atoms with Crippen LogP contribution in [-0.4, -0.2) is 37.6 Å². The number of aliphatic hydroxyl groups is 1. The highest BCUT2D eigenvalue weighted by Crippen LogP contribution is 2.30. The third-order valence-electron chi connectivity index (χ3n) is 3.69. The van der Waals surface area contributed by atoms with E-state index in [0.29, 0.717) is 37.6 Å². The number of rotatable bonds is 6. The Morgan fingerprint density at radius 1 is 1.25 bits per heavy atom. The summed E-state index contributed by atoms with van der Waals surface area (Å²) in [4.78, 5) is 0. The first-order valence-electron chi connectivity index (χ1n) is 7.27. The van der Waals surface area contributed by atoms with Crippen LogP contribution in [0.25, 0.3) is 0 Å². The number of hydrogen-bond donors (Lipinski definition) is 1. The monoisotopic (exact) mass is 280 g/mol. The van der Waals surface area contributed by atoms with Gasteiger partial charge in [0.05, 0.1) is 7.11 Å². The van der Waals surface area contributed by atoms with Crippen molar-refractivity contribution >= 4 is 0 Å². The standard InChI is InChI=1S/C16H24O4/c1-3-4-13-5-6-14(18-2)15(11-13)20-12-16(17)7-9-19-10-8-16/h5-6,11,17H,3-4,7-10,12H2,1-2H3. The van der Waals surface area contributed by atoms with Crippen molar-refractivity contribution in [3.63, 3.8) is 0 Å². The molecule has 20 heavy (non-hydrogen) atoms. The summed E-state index contributed by atoms with van der Waals surface area (Å²) < 4.78 is 16.4. The molecule has 0 bridgehead atoms. The maximum atomic E-state index is 10.4. The second kappa shape index (κ2) is 6.95. The van der Waals surface area contributed by atoms with Gasteiger partial charge in [-0.25, -0.2) is 0 Å². The van der Waals surface area contributed by atoms with Gasteiger partial charge in [-0.3, -0.25) is 0 Å². The molecule has 1 aliphatic rings. The van der Waals surface area contributed by atoms with Gasteiger partial charge in [-0.05, 0) is 24.1 Å². The van der Waals surface area contributed by atoms with Crippen molar-refractivity contribution in [1.29, 1.82) is 0 Å². The molecule has 1 fully saturated rings. The molecule has 0 saturated carbocycles. The topological polar surface area (TPSA) is 47.9 Å². The van der Waals surface area contributed by atoms with Gasteiger partial charge in [0.25, 0.3) is 0 Å². The van der Waals surface area contributed by atoms with E-state index in [4.69, 9.17) is 14.2 Å². The van der Waals surface area contributed by atoms with E-state index >= 15 is 0 Å². The zero-order chi connectivity index (χ0) is 14.4. The van der Waals surface area contributed by atoms with Crippen LogP contribution in [0, 0.1) is 0 Å². The zero-order valence-electron chi connectivity index (χ0n) is 12.4. The normalized spacial score (nSPS) is 17.8. The molecule has 1 N–H and O–H groups in total. The summed E-state index contributed by atoms with van der Waals surface area (Å²) in [5.74, 6) is 1.42. The molecule has 0 atom stereocenters. The minimum atomic E-state index is -0.788. The van der Waals surface area contributed by atoms with Gasteiger partial charge in [0.15, 0.2) is 11.5 Å². The Labute approximate surface area is 120 Å². The molecule has 0 spiro atoms. The Morgan fingerprint density at radius 2 is 2.00 bits per heavy atom. The van der Waals surface area contributed by atoms with Crippen LogP contribution in [0.1, 0.15) is 31.7 Å². The van der Waals surface area contributed by atoms with Crippen LogP contribution in [0.5, 0.6) is 11.5 Å². The highest BCUT2D eigenvalue weighted by Gasteiger charge is 2.31. The van der Waals surface area contributed by atoms with Crippen molar-refractivity contribution in [2.75, 3.05) is 26.9 Å². The van der Waals surface area contributed by atoms with Crippen LogP contribution in [0.4, 0.5) is 0 Å². The molecule has 1 heterocycles. The number of hydrogen-bond acceptors (Lipinski definition) is 4. The maximum Gasteiger partial charge on any atom is 0.161 e. The molecule has 112 valence electrons. The fraction of sp³-hybridized carbons (Fsp3) is 0.625. The second-order valence-electron chi connectivity index (χ2n) is 5.36. The summed E-state index contributed by atoms with van der Waals surface area (Å²) in [5, 5.41) is 10.4. The third kappa shape index (κ3) is 3.87. The average Bonchev–Trinajstić information content (AvgIpc) is 2.47. The van der Waals surface area contributed by atoms with Crippen LogP contribution in [0.2, 0.25) is 0 Å². The fourth-order valence-electron chi connectivity index (χ4n) is 2.39. The molecule has 1 saturated heterocycles. The van der Waals surface area contributed by atoms with Crippen LogP contribution < -0.4 is 9.47 Å². The summed E-state index contributed by atoms with van der Waals surface area (Å²) in [6.07, 6.45) is 3.33. The van der Waals surface area contributed by atoms with Crippen molar-refractivity contribution < 1.29 is 19.3 Å². The molecule has 0 aliphatic carbocycles. The molecule has 4 heteroatoms. The minimum Gasteiger partial charge on any atom is -0.493 e. The summed E-state index contributed by atoms with van der Waals surface area (Å²) in [5.41, 5.74) is 0.437. The van der Waals surface area contributed by atoms with Crippen molar-refractivity contribution in [3.8, 4) is 11.5 Å². The van der Waals surface area contributed by atoms with Crippen molar-refractivity contribution in [3.05, 3.63) is 23.8 Å². The lowest BCUT2D eigenvalue weighted by atomic mass is 9.96. The van der Waals surface area contributed by atoms with Crippen LogP contribution >= 0.6 is 0 Å². The molecule has 0 aromatic heterocycles. The third-order valence-corrected chi connectivity index (χ3v) is 3.69. The van der Waals surface area contributed by atoms with E-state index < -0.39 is 5.60 Å². The van der Waals surface area contributed by atoms with E-state index in [1.54, 1.807) is 7.11 Å². The molecule has 1 aromatic carbocycles. The van der Waals surface area contributed by atoms with Crippen LogP contribution in [0.15, 0.2) is 18.2 Å². The minimum absolute atomic E-state index is 0.280. The number of ether oxygens (including phenoxy) is 3. The second-order valence-corrected chi connectivity index (χ2v) is 5.36. The largest absolute Gasteiger partial charge is 0.493 e. The zero-order valence-corrected chi connectivity index (χ0v) is 12.4. The van der Waals surface area contributed by atoms with E-state index in [1.165, 1.54) is 5.56 Å². The van der Waals surface area contributed by atoms with E-state index in [0.717, 1.165) is 12.8 Å². The van der Waals surface area contributed by atoms with Crippen LogP contribution in [0.3, 0.4) is 0 Å². The molecule has 1 aliphatic heterocycles. The first-order valence-corrected chi connectivity index (χ1v) is 7.27. The Bertz CT molecular complexity index is 424. The Hall–Kier alpha value is -1.26. The highest BCUT2D eigenvalue weighted by molar-refractivity contribution is 5.43. The number of benzene rings is 1. The van der Waals surface area contributed by atoms with E-state index in [2.05, 4.69) is 13.0 Å². The Balaban J connectivity index is 2.04. The van der Waals surface area contributed by atoms with Gasteiger partial charge in [-0.1, -0.05) is 19.4 Å². The summed E-state index contributed by atoms with van der Waals surface area (Å²) in [7, 11) is 1.63. The van der Waals surface area contributed by atoms with Crippen molar-refractivity contribution in [2.24, 2.45) is 0 Å². The number of methoxy groups -OCH3 is 1. The molecule has 1 aromatic rings. The predicted molar refractivity (Wildman–Crippen MR) is 77.5 cm³/mol. The fourth-order valence-corrected chi connectivity index (χ4v) is 2.39. The van der Waals surface area contributed by atoms with Gasteiger partial charge in [0, 0.05) is 26.1 Å². The van der Waals surface area contributed by atoms with Gasteiger partial charge in [0.1, 0.15) is 12.2 Å². The quantitative estimate of drug-likeness (QED) is 0.870. The first-order chi connectivity index (χ1) is 9.67. The van der Waals surface area contributed by atoms with Crippen LogP contribution in [-0.2, 0) is 11.2 Å². The van der Waals surface area contributed by atoms with E-state index in [1.807, 2.05) is 12.1 Å². The maximum absolute atomic E-state index is 10.4. The molecular weight excluding hydrogens is 256 g/mol. The summed E-state index contributed by atoms with van der Waals surface area (Å²) >= 11 is 0. The number of aryl methyl sites for hydroxylation is 1. The van der Waals surface area contributed by atoms with Gasteiger partial charge < -0.3 is 19.3 Å². The molecular formula is C16H24O4. The lowest BCUT2D eigenvalue weighted by Gasteiger charge is -2.31. The van der Waals surface area contributed by atoms with Crippen molar-refractivity contribution in [1.82, 2.24) is 0 Å². The first kappa shape index (κ1) is 15.1. The lowest BCUT2D eigenvalue weighted by Crippen LogP contribution is -2.41. The Morgan fingerprint density at radius 3 is 2.65 bits per heavy atom. The molecule has 2 rings (SSSR count). The van der Waals surface area contributed by atoms with Gasteiger partial charge in [0.2, 0.25) is 0 Å². The van der Waals surface area contributed by atoms with Crippen molar-refractivity contribution in [2.45, 2.75) is 38.2 Å². The Kier molecular flexibility index (Phi) is 5.26. The van der Waals surface area contributed by atoms with E-state index in [9.17, 15) is 5.11 Å². The summed E-state index contributed by atoms with van der Waals surface area (Å²) in [6.45, 7) is 3.61. The molecule has 0 unspecified atom stereocenters. The van der Waals surface area contributed by atoms with E-state index in [-0.39, 0.29) is 6.61 Å². The predicted octanol–water partition coefficient (Wildman–Crippen LogP) is 2.57. The summed E-state index contributed by atoms with van der Waals surface area (Å²) in [6, 6.07) is 5.98. The smallest absolute Gasteiger partial charge is 0.161 e. The van der Waals surface area contributed by atoms with Gasteiger partial charge in [-0.2, -0.15) is 0 Å². The SMILES string of the molecule is CCCc1ccc(OC)c(OCC2(O)CCOCC2)c1. The molecule has 4 nitrogen and oxygen atoms in total. The molecule has 0 radical (unpaired) electrons. The lowest BCUT2D eigenvalue weighted by molar-refractivity contribution is -0.0858. The van der Waals surface area contributed by atoms with Gasteiger partial charge in [-0.15, -0.1) is 0 Å². The highest BCUT2D eigenvalue weighted by atomic mass is 16.5. The molecule has 0 amide bonds. The average molecular weight is 280 g/mol.